The van der Waals surface area contributed by atoms with Gasteiger partial charge in [-0.15, -0.1) is 11.3 Å². The van der Waals surface area contributed by atoms with Crippen LogP contribution < -0.4 is 0 Å². The predicted molar refractivity (Wildman–Crippen MR) is 262 cm³/mol. The molecule has 5 heterocycles. The van der Waals surface area contributed by atoms with Crippen LogP contribution in [0.2, 0.25) is 0 Å². The minimum atomic E-state index is 0.678. The Bertz CT molecular complexity index is 4010. The quantitative estimate of drug-likeness (QED) is 0.177. The van der Waals surface area contributed by atoms with E-state index in [1.807, 2.05) is 11.8 Å². The van der Waals surface area contributed by atoms with Crippen molar-refractivity contribution in [1.82, 2.24) is 19.1 Å². The number of thiophene rings is 1. The number of para-hydroxylation sites is 3. The van der Waals surface area contributed by atoms with Gasteiger partial charge in [0.15, 0.2) is 0 Å². The standard InChI is InChI=1S/C56H32N4S2/c1-3-14-33(15-4-1)53-55-54(40-20-9-12-25-48(40)62-55)58-56(57-53)60-44-23-10-7-18-37(44)42-30-34(26-28-46(42)60)35-27-29-49-43(31-35)38-21-13-22-41-51-39-19-8-11-24-45(39)59(36-16-5-2-6-17-36)47(51)32-50(61-49)52(38)41/h1-32H. The molecule has 0 spiro atoms. The molecule has 14 rings (SSSR count). The lowest BCUT2D eigenvalue weighted by molar-refractivity contribution is 1.02. The zero-order valence-electron chi connectivity index (χ0n) is 33.1. The van der Waals surface area contributed by atoms with Gasteiger partial charge in [-0.3, -0.25) is 4.57 Å². The Balaban J connectivity index is 0.947. The van der Waals surface area contributed by atoms with E-state index in [0.29, 0.717) is 5.95 Å². The number of fused-ring (bicyclic) bond motifs is 12. The molecule has 0 saturated heterocycles. The highest BCUT2D eigenvalue weighted by atomic mass is 32.2. The molecule has 0 atom stereocenters. The van der Waals surface area contributed by atoms with Gasteiger partial charge in [0.1, 0.15) is 0 Å². The molecule has 0 saturated carbocycles. The Morgan fingerprint density at radius 2 is 1.06 bits per heavy atom. The molecule has 0 N–H and O–H groups in total. The van der Waals surface area contributed by atoms with Crippen LogP contribution in [0.4, 0.5) is 0 Å². The molecule has 4 aromatic heterocycles. The van der Waals surface area contributed by atoms with Crippen LogP contribution >= 0.6 is 23.1 Å². The van der Waals surface area contributed by atoms with Crippen LogP contribution in [-0.4, -0.2) is 19.1 Å². The normalized spacial score (nSPS) is 12.5. The Morgan fingerprint density at radius 3 is 1.92 bits per heavy atom. The van der Waals surface area contributed by atoms with E-state index in [2.05, 4.69) is 203 Å². The van der Waals surface area contributed by atoms with Gasteiger partial charge in [-0.2, -0.15) is 0 Å². The van der Waals surface area contributed by atoms with E-state index in [9.17, 15) is 0 Å². The molecule has 9 aromatic carbocycles. The first-order valence-electron chi connectivity index (χ1n) is 20.9. The van der Waals surface area contributed by atoms with Crippen LogP contribution in [-0.2, 0) is 0 Å². The molecule has 13 aromatic rings. The van der Waals surface area contributed by atoms with Gasteiger partial charge in [-0.25, -0.2) is 9.97 Å². The van der Waals surface area contributed by atoms with Crippen LogP contribution in [0.25, 0.3) is 120 Å². The van der Waals surface area contributed by atoms with Crippen molar-refractivity contribution < 1.29 is 0 Å². The molecule has 62 heavy (non-hydrogen) atoms. The van der Waals surface area contributed by atoms with Crippen LogP contribution in [0.15, 0.2) is 204 Å². The van der Waals surface area contributed by atoms with Gasteiger partial charge >= 0.3 is 0 Å². The number of rotatable bonds is 4. The first-order chi connectivity index (χ1) is 30.7. The Hall–Kier alpha value is -7.51. The number of hydrogen-bond acceptors (Lipinski definition) is 4. The Kier molecular flexibility index (Phi) is 7.17. The second kappa shape index (κ2) is 13.0. The molecule has 0 bridgehead atoms. The van der Waals surface area contributed by atoms with Crippen molar-refractivity contribution in [3.05, 3.63) is 194 Å². The van der Waals surface area contributed by atoms with E-state index in [4.69, 9.17) is 9.97 Å². The molecule has 0 amide bonds. The fourth-order valence-electron chi connectivity index (χ4n) is 10.0. The summed E-state index contributed by atoms with van der Waals surface area (Å²) in [6.07, 6.45) is 0. The summed E-state index contributed by atoms with van der Waals surface area (Å²) >= 11 is 3.65. The molecular weight excluding hydrogens is 793 g/mol. The lowest BCUT2D eigenvalue weighted by Gasteiger charge is -2.22. The van der Waals surface area contributed by atoms with Crippen LogP contribution in [0.1, 0.15) is 0 Å². The Labute approximate surface area is 364 Å². The van der Waals surface area contributed by atoms with E-state index in [0.717, 1.165) is 37.9 Å². The third-order valence-electron chi connectivity index (χ3n) is 12.7. The van der Waals surface area contributed by atoms with Crippen molar-refractivity contribution >= 4 is 97.8 Å². The highest BCUT2D eigenvalue weighted by molar-refractivity contribution is 7.99. The van der Waals surface area contributed by atoms with E-state index in [-0.39, 0.29) is 0 Å². The van der Waals surface area contributed by atoms with Gasteiger partial charge in [-0.1, -0.05) is 145 Å². The molecule has 288 valence electrons. The molecule has 1 aliphatic rings. The summed E-state index contributed by atoms with van der Waals surface area (Å²) in [5.41, 5.74) is 13.8. The molecule has 6 heteroatoms. The molecular formula is C56H32N4S2. The first-order valence-corrected chi connectivity index (χ1v) is 22.5. The summed E-state index contributed by atoms with van der Waals surface area (Å²) in [5, 5.41) is 8.71. The second-order valence-electron chi connectivity index (χ2n) is 16.1. The van der Waals surface area contributed by atoms with E-state index in [1.54, 1.807) is 11.3 Å². The maximum absolute atomic E-state index is 5.39. The maximum Gasteiger partial charge on any atom is 0.235 e. The third-order valence-corrected chi connectivity index (χ3v) is 15.0. The van der Waals surface area contributed by atoms with Crippen molar-refractivity contribution in [2.24, 2.45) is 0 Å². The largest absolute Gasteiger partial charge is 0.309 e. The van der Waals surface area contributed by atoms with Crippen molar-refractivity contribution in [3.63, 3.8) is 0 Å². The number of hydrogen-bond donors (Lipinski definition) is 0. The van der Waals surface area contributed by atoms with Gasteiger partial charge in [0, 0.05) is 58.1 Å². The SMILES string of the molecule is c1ccc(-c2nc(-n3c4ccccc4c4cc(-c5ccc6c(c5)-c5cccc7c5c(cc5c7c7ccccc7n5-c5ccccc5)S6)ccc43)nc3c2sc2ccccc23)cc1. The smallest absolute Gasteiger partial charge is 0.235 e. The van der Waals surface area contributed by atoms with Gasteiger partial charge in [-0.05, 0) is 88.3 Å². The van der Waals surface area contributed by atoms with Gasteiger partial charge in [0.25, 0.3) is 0 Å². The Morgan fingerprint density at radius 1 is 0.387 bits per heavy atom. The van der Waals surface area contributed by atoms with Crippen LogP contribution in [0, 0.1) is 0 Å². The summed E-state index contributed by atoms with van der Waals surface area (Å²) in [5.74, 6) is 0.678. The summed E-state index contributed by atoms with van der Waals surface area (Å²) in [6.45, 7) is 0. The lowest BCUT2D eigenvalue weighted by Crippen LogP contribution is -2.02. The molecule has 0 fully saturated rings. The predicted octanol–water partition coefficient (Wildman–Crippen LogP) is 15.7. The number of benzene rings is 9. The summed E-state index contributed by atoms with van der Waals surface area (Å²) < 4.78 is 7.00. The minimum Gasteiger partial charge on any atom is -0.309 e. The van der Waals surface area contributed by atoms with Gasteiger partial charge in [0.05, 0.1) is 38.0 Å². The summed E-state index contributed by atoms with van der Waals surface area (Å²) in [7, 11) is 0. The van der Waals surface area contributed by atoms with Crippen molar-refractivity contribution in [3.8, 4) is 45.1 Å². The van der Waals surface area contributed by atoms with Gasteiger partial charge in [0.2, 0.25) is 5.95 Å². The molecule has 0 unspecified atom stereocenters. The summed E-state index contributed by atoms with van der Waals surface area (Å²) in [4.78, 5) is 13.3. The second-order valence-corrected chi connectivity index (χ2v) is 18.2. The van der Waals surface area contributed by atoms with Crippen molar-refractivity contribution in [2.75, 3.05) is 0 Å². The van der Waals surface area contributed by atoms with Crippen molar-refractivity contribution in [2.45, 2.75) is 9.79 Å². The highest BCUT2D eigenvalue weighted by Crippen LogP contribution is 2.52. The number of aromatic nitrogens is 4. The number of nitrogens with zero attached hydrogens (tertiary/aromatic N) is 4. The van der Waals surface area contributed by atoms with Crippen molar-refractivity contribution in [1.29, 1.82) is 0 Å². The molecule has 1 aliphatic heterocycles. The van der Waals surface area contributed by atoms with Crippen LogP contribution in [0.3, 0.4) is 0 Å². The van der Waals surface area contributed by atoms with Gasteiger partial charge < -0.3 is 4.57 Å². The van der Waals surface area contributed by atoms with Crippen LogP contribution in [0.5, 0.6) is 0 Å². The molecule has 0 radical (unpaired) electrons. The monoisotopic (exact) mass is 824 g/mol. The highest BCUT2D eigenvalue weighted by Gasteiger charge is 2.25. The topological polar surface area (TPSA) is 35.6 Å². The zero-order valence-corrected chi connectivity index (χ0v) is 34.7. The van der Waals surface area contributed by atoms with E-state index < -0.39 is 0 Å². The molecule has 0 aliphatic carbocycles. The summed E-state index contributed by atoms with van der Waals surface area (Å²) in [6, 6.07) is 70.5. The zero-order chi connectivity index (χ0) is 40.5. The third kappa shape index (κ3) is 4.84. The maximum atomic E-state index is 5.39. The van der Waals surface area contributed by atoms with E-state index >= 15 is 0 Å². The van der Waals surface area contributed by atoms with E-state index in [1.165, 1.54) is 85.8 Å². The minimum absolute atomic E-state index is 0.678. The average molecular weight is 825 g/mol. The lowest BCUT2D eigenvalue weighted by atomic mass is 9.92. The fourth-order valence-corrected chi connectivity index (χ4v) is 12.3. The molecule has 4 nitrogen and oxygen atoms in total. The first kappa shape index (κ1) is 34.2. The average Bonchev–Trinajstić information content (AvgIpc) is 3.99. The fraction of sp³-hybridized carbons (Fsp3) is 0.